The summed E-state index contributed by atoms with van der Waals surface area (Å²) in [4.78, 5) is 0. The fourth-order valence-corrected chi connectivity index (χ4v) is 3.28. The number of hydrogen-bond acceptors (Lipinski definition) is 1. The van der Waals surface area contributed by atoms with E-state index in [9.17, 15) is 0 Å². The summed E-state index contributed by atoms with van der Waals surface area (Å²) in [6, 6.07) is 8.04. The summed E-state index contributed by atoms with van der Waals surface area (Å²) in [5, 5.41) is 3.68. The lowest BCUT2D eigenvalue weighted by molar-refractivity contribution is 0.639. The molecule has 3 fully saturated rings. The van der Waals surface area contributed by atoms with E-state index in [0.29, 0.717) is 6.04 Å². The lowest BCUT2D eigenvalue weighted by atomic mass is 9.93. The van der Waals surface area contributed by atoms with Crippen LogP contribution in [-0.4, -0.2) is 6.54 Å². The van der Waals surface area contributed by atoms with Crippen LogP contribution in [0.15, 0.2) is 18.2 Å². The molecule has 1 heterocycles. The minimum absolute atomic E-state index is 0.657. The van der Waals surface area contributed by atoms with Crippen LogP contribution in [0.2, 0.25) is 0 Å². The van der Waals surface area contributed by atoms with E-state index in [1.54, 1.807) is 16.7 Å². The predicted octanol–water partition coefficient (Wildman–Crippen LogP) is 3.87. The molecule has 0 radical (unpaired) electrons. The fourth-order valence-electron chi connectivity index (χ4n) is 3.28. The molecule has 1 atom stereocenters. The molecule has 1 heteroatoms. The maximum Gasteiger partial charge on any atom is 0.0323 e. The third-order valence-electron chi connectivity index (χ3n) is 4.61. The molecule has 1 saturated heterocycles. The van der Waals surface area contributed by atoms with Gasteiger partial charge in [0.1, 0.15) is 0 Å². The van der Waals surface area contributed by atoms with Gasteiger partial charge in [0, 0.05) is 6.04 Å². The molecule has 0 spiro atoms. The fraction of sp³-hybridized carbons (Fsp3) is 0.625. The second kappa shape index (κ2) is 3.84. The van der Waals surface area contributed by atoms with Crippen molar-refractivity contribution in [3.63, 3.8) is 0 Å². The van der Waals surface area contributed by atoms with Gasteiger partial charge in [0.05, 0.1) is 0 Å². The molecule has 90 valence electrons. The third-order valence-corrected chi connectivity index (χ3v) is 4.61. The summed E-state index contributed by atoms with van der Waals surface area (Å²) < 4.78 is 0. The Bertz CT molecular complexity index is 423. The molecule has 1 nitrogen and oxygen atoms in total. The van der Waals surface area contributed by atoms with Gasteiger partial charge in [-0.25, -0.2) is 0 Å². The molecule has 17 heavy (non-hydrogen) atoms. The zero-order valence-electron chi connectivity index (χ0n) is 10.4. The first-order valence-corrected chi connectivity index (χ1v) is 7.29. The topological polar surface area (TPSA) is 12.0 Å². The van der Waals surface area contributed by atoms with Gasteiger partial charge < -0.3 is 5.32 Å². The quantitative estimate of drug-likeness (QED) is 0.826. The van der Waals surface area contributed by atoms with Crippen LogP contribution in [0.25, 0.3) is 0 Å². The number of rotatable bonds is 3. The van der Waals surface area contributed by atoms with E-state index in [0.717, 1.165) is 11.8 Å². The number of benzene rings is 1. The Morgan fingerprint density at radius 2 is 1.71 bits per heavy atom. The van der Waals surface area contributed by atoms with Crippen molar-refractivity contribution in [3.8, 4) is 0 Å². The molecular weight excluding hydrogens is 206 g/mol. The van der Waals surface area contributed by atoms with Gasteiger partial charge in [-0.2, -0.15) is 0 Å². The van der Waals surface area contributed by atoms with E-state index in [4.69, 9.17) is 0 Å². The van der Waals surface area contributed by atoms with Crippen LogP contribution in [0.4, 0.5) is 0 Å². The zero-order valence-corrected chi connectivity index (χ0v) is 10.4. The molecular formula is C16H21N. The molecule has 2 aliphatic carbocycles. The molecule has 1 aromatic carbocycles. The van der Waals surface area contributed by atoms with Crippen LogP contribution < -0.4 is 5.32 Å². The number of nitrogens with one attached hydrogen (secondary N) is 1. The highest BCUT2D eigenvalue weighted by Gasteiger charge is 2.31. The van der Waals surface area contributed by atoms with Crippen molar-refractivity contribution in [2.45, 2.75) is 56.4 Å². The summed E-state index contributed by atoms with van der Waals surface area (Å²) >= 11 is 0. The molecule has 1 aromatic rings. The molecule has 1 unspecified atom stereocenters. The Morgan fingerprint density at radius 1 is 0.882 bits per heavy atom. The third kappa shape index (κ3) is 1.91. The van der Waals surface area contributed by atoms with E-state index in [-0.39, 0.29) is 0 Å². The van der Waals surface area contributed by atoms with Crippen LogP contribution in [0.3, 0.4) is 0 Å². The average molecular weight is 227 g/mol. The van der Waals surface area contributed by atoms with Gasteiger partial charge in [-0.05, 0) is 73.6 Å². The first-order chi connectivity index (χ1) is 8.42. The molecule has 1 N–H and O–H groups in total. The first-order valence-electron chi connectivity index (χ1n) is 7.29. The normalized spacial score (nSPS) is 28.6. The Balaban J connectivity index is 1.72. The summed E-state index contributed by atoms with van der Waals surface area (Å²) in [7, 11) is 0. The molecule has 2 saturated carbocycles. The van der Waals surface area contributed by atoms with Crippen molar-refractivity contribution in [2.24, 2.45) is 0 Å². The van der Waals surface area contributed by atoms with E-state index in [2.05, 4.69) is 23.5 Å². The van der Waals surface area contributed by atoms with E-state index in [1.165, 1.54) is 45.1 Å². The summed E-state index contributed by atoms with van der Waals surface area (Å²) in [6.45, 7) is 1.21. The van der Waals surface area contributed by atoms with Crippen LogP contribution in [-0.2, 0) is 0 Å². The second-order valence-corrected chi connectivity index (χ2v) is 6.09. The maximum absolute atomic E-state index is 3.68. The van der Waals surface area contributed by atoms with Crippen molar-refractivity contribution in [1.82, 2.24) is 5.32 Å². The Kier molecular flexibility index (Phi) is 2.29. The monoisotopic (exact) mass is 227 g/mol. The lowest BCUT2D eigenvalue weighted by Crippen LogP contribution is -2.14. The highest BCUT2D eigenvalue weighted by atomic mass is 14.9. The molecule has 1 aliphatic heterocycles. The van der Waals surface area contributed by atoms with Crippen LogP contribution >= 0.6 is 0 Å². The largest absolute Gasteiger partial charge is 0.310 e. The lowest BCUT2D eigenvalue weighted by Gasteiger charge is -2.17. The standard InChI is InChI=1S/C16H21N/c1-2-16(17-9-1)15-10-13(11-3-4-11)7-8-14(15)12-5-6-12/h7-8,10-12,16-17H,1-6,9H2. The summed E-state index contributed by atoms with van der Waals surface area (Å²) in [5.41, 5.74) is 4.92. The van der Waals surface area contributed by atoms with Crippen molar-refractivity contribution in [3.05, 3.63) is 34.9 Å². The predicted molar refractivity (Wildman–Crippen MR) is 70.4 cm³/mol. The summed E-state index contributed by atoms with van der Waals surface area (Å²) in [5.74, 6) is 1.78. The van der Waals surface area contributed by atoms with Crippen LogP contribution in [0, 0.1) is 0 Å². The van der Waals surface area contributed by atoms with Gasteiger partial charge in [-0.3, -0.25) is 0 Å². The van der Waals surface area contributed by atoms with Gasteiger partial charge in [-0.15, -0.1) is 0 Å². The van der Waals surface area contributed by atoms with Gasteiger partial charge in [0.25, 0.3) is 0 Å². The van der Waals surface area contributed by atoms with Crippen LogP contribution in [0.1, 0.15) is 73.1 Å². The maximum atomic E-state index is 3.68. The molecule has 0 amide bonds. The first kappa shape index (κ1) is 10.1. The zero-order chi connectivity index (χ0) is 11.2. The molecule has 4 rings (SSSR count). The van der Waals surface area contributed by atoms with E-state index >= 15 is 0 Å². The smallest absolute Gasteiger partial charge is 0.0323 e. The highest BCUT2D eigenvalue weighted by molar-refractivity contribution is 5.41. The van der Waals surface area contributed by atoms with Crippen molar-refractivity contribution < 1.29 is 0 Å². The molecule has 0 aromatic heterocycles. The molecule has 0 bridgehead atoms. The minimum atomic E-state index is 0.657. The highest BCUT2D eigenvalue weighted by Crippen LogP contribution is 2.47. The minimum Gasteiger partial charge on any atom is -0.310 e. The Hall–Kier alpha value is -0.820. The number of hydrogen-bond donors (Lipinski definition) is 1. The Morgan fingerprint density at radius 3 is 2.35 bits per heavy atom. The van der Waals surface area contributed by atoms with Crippen molar-refractivity contribution >= 4 is 0 Å². The van der Waals surface area contributed by atoms with Crippen molar-refractivity contribution in [1.29, 1.82) is 0 Å². The van der Waals surface area contributed by atoms with Crippen LogP contribution in [0.5, 0.6) is 0 Å². The van der Waals surface area contributed by atoms with Gasteiger partial charge in [0.15, 0.2) is 0 Å². The van der Waals surface area contributed by atoms with Gasteiger partial charge >= 0.3 is 0 Å². The van der Waals surface area contributed by atoms with E-state index in [1.807, 2.05) is 0 Å². The SMILES string of the molecule is c1cc(C2CC2)c(C2CCCN2)cc1C1CC1. The van der Waals surface area contributed by atoms with Gasteiger partial charge in [-0.1, -0.05) is 18.2 Å². The van der Waals surface area contributed by atoms with E-state index < -0.39 is 0 Å². The summed E-state index contributed by atoms with van der Waals surface area (Å²) in [6.07, 6.45) is 8.36. The van der Waals surface area contributed by atoms with Crippen molar-refractivity contribution in [2.75, 3.05) is 6.54 Å². The van der Waals surface area contributed by atoms with Gasteiger partial charge in [0.2, 0.25) is 0 Å². The average Bonchev–Trinajstić information content (AvgIpc) is 3.27. The second-order valence-electron chi connectivity index (χ2n) is 6.09. The Labute approximate surface area is 104 Å². The molecule has 3 aliphatic rings.